The van der Waals surface area contributed by atoms with E-state index in [2.05, 4.69) is 38.1 Å². The lowest BCUT2D eigenvalue weighted by Crippen LogP contribution is -2.31. The molecule has 0 atom stereocenters. The second-order valence-electron chi connectivity index (χ2n) is 5.30. The molecule has 0 aliphatic carbocycles. The predicted octanol–water partition coefficient (Wildman–Crippen LogP) is 3.63. The minimum Gasteiger partial charge on any atom is -0.398 e. The van der Waals surface area contributed by atoms with Crippen LogP contribution in [0, 0.1) is 6.92 Å². The number of anilines is 1. The third-order valence-corrected chi connectivity index (χ3v) is 3.47. The number of nitrogen functional groups attached to an aromatic ring is 1. The summed E-state index contributed by atoms with van der Waals surface area (Å²) in [6, 6.07) is 15.5. The highest BCUT2D eigenvalue weighted by atomic mass is 16.2. The number of carbonyl (C=O) groups is 1. The summed E-state index contributed by atoms with van der Waals surface area (Å²) < 4.78 is 0. The van der Waals surface area contributed by atoms with E-state index in [1.165, 1.54) is 5.56 Å². The normalized spacial score (nSPS) is 10.4. The van der Waals surface area contributed by atoms with E-state index in [4.69, 9.17) is 5.73 Å². The van der Waals surface area contributed by atoms with Gasteiger partial charge in [-0.25, -0.2) is 0 Å². The molecule has 110 valence electrons. The lowest BCUT2D eigenvalue weighted by molar-refractivity contribution is 0.0744. The molecule has 2 aromatic carbocycles. The van der Waals surface area contributed by atoms with Gasteiger partial charge in [0.15, 0.2) is 0 Å². The average molecular weight is 282 g/mol. The number of benzene rings is 2. The minimum absolute atomic E-state index is 0.00414. The van der Waals surface area contributed by atoms with Gasteiger partial charge in [0.05, 0.1) is 5.56 Å². The lowest BCUT2D eigenvalue weighted by Gasteiger charge is -2.23. The zero-order valence-electron chi connectivity index (χ0n) is 12.7. The van der Waals surface area contributed by atoms with Crippen LogP contribution in [0.3, 0.4) is 0 Å². The number of hydrogen-bond acceptors (Lipinski definition) is 2. The van der Waals surface area contributed by atoms with E-state index in [9.17, 15) is 4.79 Å². The Hall–Kier alpha value is -2.29. The van der Waals surface area contributed by atoms with Crippen LogP contribution < -0.4 is 5.73 Å². The van der Waals surface area contributed by atoms with Crippen LogP contribution in [0.2, 0.25) is 0 Å². The number of nitrogens with two attached hydrogens (primary N) is 1. The zero-order valence-corrected chi connectivity index (χ0v) is 12.7. The molecule has 3 heteroatoms. The Morgan fingerprint density at radius 1 is 1.10 bits per heavy atom. The summed E-state index contributed by atoms with van der Waals surface area (Å²) in [6.07, 6.45) is 0.921. The smallest absolute Gasteiger partial charge is 0.256 e. The largest absolute Gasteiger partial charge is 0.398 e. The lowest BCUT2D eigenvalue weighted by atomic mass is 10.1. The fourth-order valence-corrected chi connectivity index (χ4v) is 2.30. The van der Waals surface area contributed by atoms with Crippen LogP contribution in [0.5, 0.6) is 0 Å². The summed E-state index contributed by atoms with van der Waals surface area (Å²) in [5.74, 6) is -0.00414. The fourth-order valence-electron chi connectivity index (χ4n) is 2.30. The van der Waals surface area contributed by atoms with Crippen LogP contribution in [0.4, 0.5) is 5.69 Å². The standard InChI is InChI=1S/C18H22N2O/c1-3-12-20(13-15-10-8-14(2)9-11-15)18(21)16-6-4-5-7-17(16)19/h4-11H,3,12-13,19H2,1-2H3. The van der Waals surface area contributed by atoms with Crippen molar-refractivity contribution in [2.45, 2.75) is 26.8 Å². The van der Waals surface area contributed by atoms with Crippen LogP contribution in [-0.4, -0.2) is 17.4 Å². The molecule has 0 bridgehead atoms. The third kappa shape index (κ3) is 3.85. The molecule has 21 heavy (non-hydrogen) atoms. The highest BCUT2D eigenvalue weighted by molar-refractivity contribution is 5.99. The van der Waals surface area contributed by atoms with Crippen molar-refractivity contribution < 1.29 is 4.79 Å². The summed E-state index contributed by atoms with van der Waals surface area (Å²) in [4.78, 5) is 14.5. The zero-order chi connectivity index (χ0) is 15.2. The maximum absolute atomic E-state index is 12.7. The van der Waals surface area contributed by atoms with Crippen molar-refractivity contribution in [3.63, 3.8) is 0 Å². The first-order valence-corrected chi connectivity index (χ1v) is 7.31. The topological polar surface area (TPSA) is 46.3 Å². The summed E-state index contributed by atoms with van der Waals surface area (Å²) in [7, 11) is 0. The Morgan fingerprint density at radius 3 is 2.38 bits per heavy atom. The van der Waals surface area contributed by atoms with Crippen LogP contribution in [0.25, 0.3) is 0 Å². The number of nitrogens with zero attached hydrogens (tertiary/aromatic N) is 1. The van der Waals surface area contributed by atoms with Crippen molar-refractivity contribution in [3.05, 3.63) is 65.2 Å². The molecular weight excluding hydrogens is 260 g/mol. The third-order valence-electron chi connectivity index (χ3n) is 3.47. The molecule has 2 aromatic rings. The average Bonchev–Trinajstić information content (AvgIpc) is 2.49. The summed E-state index contributed by atoms with van der Waals surface area (Å²) in [6.45, 7) is 5.47. The van der Waals surface area contributed by atoms with Crippen molar-refractivity contribution in [1.82, 2.24) is 4.90 Å². The Kier molecular flexibility index (Phi) is 4.99. The van der Waals surface area contributed by atoms with E-state index in [1.807, 2.05) is 17.0 Å². The van der Waals surface area contributed by atoms with Gasteiger partial charge in [-0.2, -0.15) is 0 Å². The summed E-state index contributed by atoms with van der Waals surface area (Å²) >= 11 is 0. The molecule has 2 rings (SSSR count). The van der Waals surface area contributed by atoms with E-state index in [0.717, 1.165) is 18.5 Å². The maximum Gasteiger partial charge on any atom is 0.256 e. The van der Waals surface area contributed by atoms with Gasteiger partial charge in [0.2, 0.25) is 0 Å². The molecule has 0 fully saturated rings. The van der Waals surface area contributed by atoms with Gasteiger partial charge in [-0.05, 0) is 31.0 Å². The van der Waals surface area contributed by atoms with E-state index in [1.54, 1.807) is 12.1 Å². The SMILES string of the molecule is CCCN(Cc1ccc(C)cc1)C(=O)c1ccccc1N. The molecule has 0 aliphatic heterocycles. The summed E-state index contributed by atoms with van der Waals surface area (Å²) in [5, 5.41) is 0. The second kappa shape index (κ2) is 6.93. The molecule has 2 N–H and O–H groups in total. The van der Waals surface area contributed by atoms with Gasteiger partial charge in [0, 0.05) is 18.8 Å². The first kappa shape index (κ1) is 15.1. The van der Waals surface area contributed by atoms with Crippen molar-refractivity contribution >= 4 is 11.6 Å². The Bertz CT molecular complexity index is 605. The molecule has 0 radical (unpaired) electrons. The molecule has 0 spiro atoms. The predicted molar refractivity (Wildman–Crippen MR) is 87.1 cm³/mol. The van der Waals surface area contributed by atoms with Crippen molar-refractivity contribution in [3.8, 4) is 0 Å². The highest BCUT2D eigenvalue weighted by Crippen LogP contribution is 2.16. The quantitative estimate of drug-likeness (QED) is 0.851. The van der Waals surface area contributed by atoms with E-state index >= 15 is 0 Å². The number of hydrogen-bond donors (Lipinski definition) is 1. The second-order valence-corrected chi connectivity index (χ2v) is 5.30. The number of aryl methyl sites for hydroxylation is 1. The minimum atomic E-state index is -0.00414. The molecule has 0 aromatic heterocycles. The van der Waals surface area contributed by atoms with Crippen LogP contribution in [0.1, 0.15) is 34.8 Å². The van der Waals surface area contributed by atoms with E-state index < -0.39 is 0 Å². The molecule has 0 saturated heterocycles. The fraction of sp³-hybridized carbons (Fsp3) is 0.278. The maximum atomic E-state index is 12.7. The molecule has 1 amide bonds. The number of carbonyl (C=O) groups excluding carboxylic acids is 1. The molecule has 0 saturated carbocycles. The van der Waals surface area contributed by atoms with Crippen molar-refractivity contribution in [2.75, 3.05) is 12.3 Å². The Balaban J connectivity index is 2.20. The van der Waals surface area contributed by atoms with Gasteiger partial charge in [-0.1, -0.05) is 48.9 Å². The monoisotopic (exact) mass is 282 g/mol. The first-order valence-electron chi connectivity index (χ1n) is 7.31. The number of para-hydroxylation sites is 1. The molecular formula is C18H22N2O. The molecule has 0 aliphatic rings. The number of rotatable bonds is 5. The molecule has 0 heterocycles. The van der Waals surface area contributed by atoms with Gasteiger partial charge >= 0.3 is 0 Å². The van der Waals surface area contributed by atoms with Crippen LogP contribution >= 0.6 is 0 Å². The molecule has 0 unspecified atom stereocenters. The number of amides is 1. The van der Waals surface area contributed by atoms with Gasteiger partial charge < -0.3 is 10.6 Å². The Morgan fingerprint density at radius 2 is 1.76 bits per heavy atom. The molecule has 3 nitrogen and oxygen atoms in total. The van der Waals surface area contributed by atoms with Gasteiger partial charge in [0.25, 0.3) is 5.91 Å². The first-order chi connectivity index (χ1) is 10.1. The van der Waals surface area contributed by atoms with Gasteiger partial charge in [-0.3, -0.25) is 4.79 Å². The van der Waals surface area contributed by atoms with Gasteiger partial charge in [-0.15, -0.1) is 0 Å². The van der Waals surface area contributed by atoms with E-state index in [-0.39, 0.29) is 5.91 Å². The highest BCUT2D eigenvalue weighted by Gasteiger charge is 2.17. The van der Waals surface area contributed by atoms with Crippen molar-refractivity contribution in [2.24, 2.45) is 0 Å². The van der Waals surface area contributed by atoms with Gasteiger partial charge in [0.1, 0.15) is 0 Å². The van der Waals surface area contributed by atoms with Crippen molar-refractivity contribution in [1.29, 1.82) is 0 Å². The van der Waals surface area contributed by atoms with Crippen LogP contribution in [-0.2, 0) is 6.54 Å². The summed E-state index contributed by atoms with van der Waals surface area (Å²) in [5.41, 5.74) is 9.40. The Labute approximate surface area is 126 Å². The van der Waals surface area contributed by atoms with E-state index in [0.29, 0.717) is 17.8 Å². The van der Waals surface area contributed by atoms with Crippen LogP contribution in [0.15, 0.2) is 48.5 Å².